The van der Waals surface area contributed by atoms with E-state index >= 15 is 0 Å². The fourth-order valence-corrected chi connectivity index (χ4v) is 3.37. The molecule has 3 aromatic rings. The Morgan fingerprint density at radius 2 is 1.78 bits per heavy atom. The average molecular weight is 410 g/mol. The molecule has 10 heteroatoms. The predicted octanol–water partition coefficient (Wildman–Crippen LogP) is 2.89. The van der Waals surface area contributed by atoms with Gasteiger partial charge in [0, 0.05) is 10.6 Å². The number of nitrogens with one attached hydrogen (secondary N) is 1. The Kier molecular flexibility index (Phi) is 5.64. The molecule has 1 aromatic heterocycles. The predicted molar refractivity (Wildman–Crippen MR) is 98.3 cm³/mol. The van der Waals surface area contributed by atoms with Crippen LogP contribution in [0.15, 0.2) is 51.9 Å². The highest BCUT2D eigenvalue weighted by molar-refractivity contribution is 7.89. The molecule has 0 atom stereocenters. The third kappa shape index (κ3) is 4.38. The van der Waals surface area contributed by atoms with Crippen molar-refractivity contribution in [1.82, 2.24) is 14.9 Å². The maximum Gasteiger partial charge on any atom is 0.242 e. The Bertz CT molecular complexity index is 1030. The monoisotopic (exact) mass is 409 g/mol. The number of methoxy groups -OCH3 is 2. The molecule has 0 aliphatic heterocycles. The van der Waals surface area contributed by atoms with Gasteiger partial charge in [0.25, 0.3) is 0 Å². The second-order valence-corrected chi connectivity index (χ2v) is 7.56. The van der Waals surface area contributed by atoms with E-state index in [0.29, 0.717) is 27.9 Å². The van der Waals surface area contributed by atoms with E-state index in [2.05, 4.69) is 14.9 Å². The van der Waals surface area contributed by atoms with Gasteiger partial charge in [-0.2, -0.15) is 4.98 Å². The first-order chi connectivity index (χ1) is 12.9. The van der Waals surface area contributed by atoms with Gasteiger partial charge in [0.1, 0.15) is 0 Å². The number of rotatable bonds is 7. The minimum atomic E-state index is -3.72. The molecule has 27 heavy (non-hydrogen) atoms. The van der Waals surface area contributed by atoms with Crippen molar-refractivity contribution in [2.24, 2.45) is 0 Å². The first-order valence-corrected chi connectivity index (χ1v) is 9.59. The van der Waals surface area contributed by atoms with Crippen LogP contribution in [0, 0.1) is 0 Å². The first kappa shape index (κ1) is 19.2. The van der Waals surface area contributed by atoms with Gasteiger partial charge in [-0.3, -0.25) is 0 Å². The molecule has 0 spiro atoms. The minimum Gasteiger partial charge on any atom is -0.493 e. The quantitative estimate of drug-likeness (QED) is 0.639. The first-order valence-electron chi connectivity index (χ1n) is 7.73. The molecular weight excluding hydrogens is 394 g/mol. The van der Waals surface area contributed by atoms with Crippen molar-refractivity contribution in [3.8, 4) is 22.9 Å². The molecule has 0 fully saturated rings. The molecule has 3 rings (SSSR count). The Hall–Kier alpha value is -2.62. The molecular formula is C17H16ClN3O5S. The largest absolute Gasteiger partial charge is 0.493 e. The van der Waals surface area contributed by atoms with Crippen molar-refractivity contribution in [3.05, 3.63) is 53.4 Å². The summed E-state index contributed by atoms with van der Waals surface area (Å²) in [6.45, 7) is -0.148. The smallest absolute Gasteiger partial charge is 0.242 e. The van der Waals surface area contributed by atoms with Crippen molar-refractivity contribution in [3.63, 3.8) is 0 Å². The molecule has 0 unspecified atom stereocenters. The Morgan fingerprint density at radius 1 is 1.07 bits per heavy atom. The van der Waals surface area contributed by atoms with Gasteiger partial charge in [-0.05, 0) is 42.5 Å². The van der Waals surface area contributed by atoms with Crippen LogP contribution in [0.4, 0.5) is 0 Å². The van der Waals surface area contributed by atoms with Gasteiger partial charge >= 0.3 is 0 Å². The lowest BCUT2D eigenvalue weighted by atomic mass is 10.2. The zero-order valence-corrected chi connectivity index (χ0v) is 16.0. The van der Waals surface area contributed by atoms with Gasteiger partial charge < -0.3 is 14.0 Å². The van der Waals surface area contributed by atoms with Gasteiger partial charge in [-0.1, -0.05) is 16.8 Å². The van der Waals surface area contributed by atoms with E-state index in [4.69, 9.17) is 25.6 Å². The maximum atomic E-state index is 12.3. The summed E-state index contributed by atoms with van der Waals surface area (Å²) in [6, 6.07) is 11.0. The van der Waals surface area contributed by atoms with Crippen LogP contribution < -0.4 is 14.2 Å². The number of benzene rings is 2. The van der Waals surface area contributed by atoms with Crippen LogP contribution in [-0.2, 0) is 16.6 Å². The van der Waals surface area contributed by atoms with Crippen LogP contribution in [-0.4, -0.2) is 32.8 Å². The minimum absolute atomic E-state index is 0.0894. The molecule has 1 N–H and O–H groups in total. The molecule has 0 radical (unpaired) electrons. The summed E-state index contributed by atoms with van der Waals surface area (Å²) < 4.78 is 42.5. The lowest BCUT2D eigenvalue weighted by Crippen LogP contribution is -2.23. The van der Waals surface area contributed by atoms with Gasteiger partial charge in [-0.15, -0.1) is 0 Å². The number of sulfonamides is 1. The van der Waals surface area contributed by atoms with E-state index < -0.39 is 10.0 Å². The summed E-state index contributed by atoms with van der Waals surface area (Å²) in [6.07, 6.45) is 0. The summed E-state index contributed by atoms with van der Waals surface area (Å²) in [5.74, 6) is 1.51. The van der Waals surface area contributed by atoms with Gasteiger partial charge in [0.15, 0.2) is 11.5 Å². The number of aromatic nitrogens is 2. The van der Waals surface area contributed by atoms with Gasteiger partial charge in [0.2, 0.25) is 21.7 Å². The Morgan fingerprint density at radius 3 is 2.44 bits per heavy atom. The topological polar surface area (TPSA) is 104 Å². The molecule has 0 aliphatic carbocycles. The van der Waals surface area contributed by atoms with Gasteiger partial charge in [0.05, 0.1) is 25.7 Å². The van der Waals surface area contributed by atoms with E-state index in [9.17, 15) is 8.42 Å². The Labute approximate surface area is 161 Å². The SMILES string of the molecule is COc1ccc(-c2noc(CNS(=O)(=O)c3ccc(Cl)cc3)n2)cc1OC. The van der Waals surface area contributed by atoms with Crippen LogP contribution in [0.5, 0.6) is 11.5 Å². The molecule has 2 aromatic carbocycles. The summed E-state index contributed by atoms with van der Waals surface area (Å²) in [5.41, 5.74) is 0.642. The van der Waals surface area contributed by atoms with Crippen LogP contribution in [0.2, 0.25) is 5.02 Å². The summed E-state index contributed by atoms with van der Waals surface area (Å²) >= 11 is 5.77. The molecule has 0 saturated carbocycles. The molecule has 0 saturated heterocycles. The second kappa shape index (κ2) is 7.95. The lowest BCUT2D eigenvalue weighted by molar-refractivity contribution is 0.355. The van der Waals surface area contributed by atoms with Crippen LogP contribution >= 0.6 is 11.6 Å². The van der Waals surface area contributed by atoms with Crippen molar-refractivity contribution in [1.29, 1.82) is 0 Å². The number of hydrogen-bond acceptors (Lipinski definition) is 7. The van der Waals surface area contributed by atoms with E-state index in [1.165, 1.54) is 38.5 Å². The second-order valence-electron chi connectivity index (χ2n) is 5.36. The molecule has 8 nitrogen and oxygen atoms in total. The number of ether oxygens (including phenoxy) is 2. The van der Waals surface area contributed by atoms with E-state index in [-0.39, 0.29) is 17.3 Å². The molecule has 0 amide bonds. The standard InChI is InChI=1S/C17H16ClN3O5S/c1-24-14-8-3-11(9-15(14)25-2)17-20-16(26-21-17)10-19-27(22,23)13-6-4-12(18)5-7-13/h3-9,19H,10H2,1-2H3. The molecule has 0 bridgehead atoms. The highest BCUT2D eigenvalue weighted by atomic mass is 35.5. The third-order valence-electron chi connectivity index (χ3n) is 3.65. The normalized spacial score (nSPS) is 11.4. The lowest BCUT2D eigenvalue weighted by Gasteiger charge is -2.07. The van der Waals surface area contributed by atoms with Gasteiger partial charge in [-0.25, -0.2) is 13.1 Å². The van der Waals surface area contributed by atoms with E-state index in [1.807, 2.05) is 0 Å². The van der Waals surface area contributed by atoms with Crippen molar-refractivity contribution in [2.75, 3.05) is 14.2 Å². The van der Waals surface area contributed by atoms with E-state index in [1.54, 1.807) is 18.2 Å². The van der Waals surface area contributed by atoms with Crippen LogP contribution in [0.3, 0.4) is 0 Å². The van der Waals surface area contributed by atoms with Crippen molar-refractivity contribution >= 4 is 21.6 Å². The Balaban J connectivity index is 1.74. The molecule has 142 valence electrons. The van der Waals surface area contributed by atoms with Crippen molar-refractivity contribution in [2.45, 2.75) is 11.4 Å². The zero-order valence-electron chi connectivity index (χ0n) is 14.5. The van der Waals surface area contributed by atoms with Crippen LogP contribution in [0.25, 0.3) is 11.4 Å². The highest BCUT2D eigenvalue weighted by Crippen LogP contribution is 2.31. The van der Waals surface area contributed by atoms with Crippen LogP contribution in [0.1, 0.15) is 5.89 Å². The highest BCUT2D eigenvalue weighted by Gasteiger charge is 2.17. The fraction of sp³-hybridized carbons (Fsp3) is 0.176. The fourth-order valence-electron chi connectivity index (χ4n) is 2.27. The zero-order chi connectivity index (χ0) is 19.4. The summed E-state index contributed by atoms with van der Waals surface area (Å²) in [5, 5.41) is 4.32. The third-order valence-corrected chi connectivity index (χ3v) is 5.32. The average Bonchev–Trinajstić information content (AvgIpc) is 3.15. The van der Waals surface area contributed by atoms with E-state index in [0.717, 1.165) is 0 Å². The summed E-state index contributed by atoms with van der Waals surface area (Å²) in [4.78, 5) is 4.29. The number of nitrogens with zero attached hydrogens (tertiary/aromatic N) is 2. The maximum absolute atomic E-state index is 12.3. The number of halogens is 1. The molecule has 0 aliphatic rings. The van der Waals surface area contributed by atoms with Crippen molar-refractivity contribution < 1.29 is 22.4 Å². The number of hydrogen-bond donors (Lipinski definition) is 1. The molecule has 1 heterocycles. The summed E-state index contributed by atoms with van der Waals surface area (Å²) in [7, 11) is -0.662.